The Kier molecular flexibility index (Phi) is 5.09. The van der Waals surface area contributed by atoms with Gasteiger partial charge in [0, 0.05) is 31.3 Å². The average Bonchev–Trinajstić information content (AvgIpc) is 3.57. The molecule has 4 aromatic heterocycles. The third kappa shape index (κ3) is 3.67. The van der Waals surface area contributed by atoms with Crippen molar-refractivity contribution in [3.8, 4) is 5.13 Å². The van der Waals surface area contributed by atoms with Crippen molar-refractivity contribution in [1.82, 2.24) is 29.7 Å². The van der Waals surface area contributed by atoms with Gasteiger partial charge < -0.3 is 10.2 Å². The highest BCUT2D eigenvalue weighted by Gasteiger charge is 2.41. The second-order valence-corrected chi connectivity index (χ2v) is 9.27. The molecule has 5 aromatic rings. The largest absolute Gasteiger partial charge is 0.352 e. The Morgan fingerprint density at radius 1 is 0.939 bits per heavy atom. The van der Waals surface area contributed by atoms with E-state index in [0.717, 1.165) is 27.6 Å². The van der Waals surface area contributed by atoms with E-state index in [2.05, 4.69) is 55.2 Å². The Morgan fingerprint density at radius 2 is 1.79 bits per heavy atom. The van der Waals surface area contributed by atoms with Gasteiger partial charge in [-0.25, -0.2) is 4.98 Å². The summed E-state index contributed by atoms with van der Waals surface area (Å²) in [5.74, 6) is 0. The third-order valence-corrected chi connectivity index (χ3v) is 7.26. The fourth-order valence-electron chi connectivity index (χ4n) is 4.35. The van der Waals surface area contributed by atoms with E-state index >= 15 is 0 Å². The topological polar surface area (TPSA) is 58.9 Å². The van der Waals surface area contributed by atoms with E-state index in [1.165, 1.54) is 4.70 Å². The van der Waals surface area contributed by atoms with Crippen LogP contribution in [0.25, 0.3) is 15.3 Å². The highest BCUT2D eigenvalue weighted by Crippen LogP contribution is 2.41. The number of nitrogens with one attached hydrogen (secondary N) is 1. The molecule has 1 fully saturated rings. The fourth-order valence-corrected chi connectivity index (χ4v) is 5.63. The lowest BCUT2D eigenvalue weighted by Gasteiger charge is -2.28. The lowest BCUT2D eigenvalue weighted by atomic mass is 10.0. The summed E-state index contributed by atoms with van der Waals surface area (Å²) in [5, 5.41) is 5.19. The standard InChI is InChI=1S/C25H20N6S2/c32-24-29-22(19-7-3-4-12-27-19)23(31(24)16-17-10-13-26-14-11-17)20-8-5-15-30(20)25-28-18-6-1-2-9-21(18)33-25/h1-15,22-23H,16H2,(H,29,32)/t22-,23-/m0/s1. The van der Waals surface area contributed by atoms with Gasteiger partial charge in [0.2, 0.25) is 0 Å². The van der Waals surface area contributed by atoms with Crippen molar-refractivity contribution < 1.29 is 0 Å². The Bertz CT molecular complexity index is 1380. The quantitative estimate of drug-likeness (QED) is 0.364. The number of thiazole rings is 1. The van der Waals surface area contributed by atoms with Gasteiger partial charge in [-0.05, 0) is 66.3 Å². The third-order valence-electron chi connectivity index (χ3n) is 5.87. The Labute approximate surface area is 200 Å². The first-order valence-electron chi connectivity index (χ1n) is 10.7. The van der Waals surface area contributed by atoms with Crippen LogP contribution >= 0.6 is 23.6 Å². The molecular weight excluding hydrogens is 448 g/mol. The molecule has 1 N–H and O–H groups in total. The number of hydrogen-bond acceptors (Lipinski definition) is 5. The number of aromatic nitrogens is 4. The molecule has 0 bridgehead atoms. The number of thiocarbonyl (C=S) groups is 1. The monoisotopic (exact) mass is 468 g/mol. The van der Waals surface area contributed by atoms with Crippen LogP contribution in [-0.4, -0.2) is 29.5 Å². The first kappa shape index (κ1) is 20.0. The summed E-state index contributed by atoms with van der Waals surface area (Å²) >= 11 is 7.52. The van der Waals surface area contributed by atoms with Gasteiger partial charge in [-0.15, -0.1) is 0 Å². The summed E-state index contributed by atoms with van der Waals surface area (Å²) in [5.41, 5.74) is 4.23. The molecule has 8 heteroatoms. The summed E-state index contributed by atoms with van der Waals surface area (Å²) in [6.07, 6.45) is 7.54. The van der Waals surface area contributed by atoms with Gasteiger partial charge in [-0.1, -0.05) is 29.5 Å². The minimum atomic E-state index is -0.0800. The molecule has 0 saturated carbocycles. The van der Waals surface area contributed by atoms with Gasteiger partial charge in [0.25, 0.3) is 0 Å². The van der Waals surface area contributed by atoms with Crippen molar-refractivity contribution in [3.05, 3.63) is 108 Å². The van der Waals surface area contributed by atoms with Crippen LogP contribution < -0.4 is 5.32 Å². The molecule has 0 spiro atoms. The highest BCUT2D eigenvalue weighted by molar-refractivity contribution is 7.80. The molecule has 0 radical (unpaired) electrons. The predicted molar refractivity (Wildman–Crippen MR) is 134 cm³/mol. The van der Waals surface area contributed by atoms with E-state index in [0.29, 0.717) is 11.7 Å². The summed E-state index contributed by atoms with van der Waals surface area (Å²) in [6, 6.07) is 22.4. The second-order valence-electron chi connectivity index (χ2n) is 7.88. The molecule has 2 atom stereocenters. The normalized spacial score (nSPS) is 18.1. The second kappa shape index (κ2) is 8.38. The van der Waals surface area contributed by atoms with E-state index in [4.69, 9.17) is 17.2 Å². The van der Waals surface area contributed by atoms with Crippen LogP contribution in [0.3, 0.4) is 0 Å². The van der Waals surface area contributed by atoms with E-state index in [-0.39, 0.29) is 12.1 Å². The fraction of sp³-hybridized carbons (Fsp3) is 0.120. The number of fused-ring (bicyclic) bond motifs is 1. The van der Waals surface area contributed by atoms with Crippen molar-refractivity contribution in [3.63, 3.8) is 0 Å². The molecule has 1 aromatic carbocycles. The number of benzene rings is 1. The number of pyridine rings is 2. The van der Waals surface area contributed by atoms with E-state index in [1.54, 1.807) is 11.3 Å². The molecular formula is C25H20N6S2. The Morgan fingerprint density at radius 3 is 2.61 bits per heavy atom. The molecule has 6 rings (SSSR count). The van der Waals surface area contributed by atoms with Crippen molar-refractivity contribution in [1.29, 1.82) is 0 Å². The number of hydrogen-bond donors (Lipinski definition) is 1. The maximum absolute atomic E-state index is 5.83. The Hall–Kier alpha value is -3.62. The maximum atomic E-state index is 5.83. The molecule has 33 heavy (non-hydrogen) atoms. The van der Waals surface area contributed by atoms with Gasteiger partial charge in [0.15, 0.2) is 10.2 Å². The van der Waals surface area contributed by atoms with Crippen LogP contribution in [0.2, 0.25) is 0 Å². The minimum absolute atomic E-state index is 0.0532. The zero-order valence-electron chi connectivity index (χ0n) is 17.6. The summed E-state index contributed by atoms with van der Waals surface area (Å²) < 4.78 is 3.35. The maximum Gasteiger partial charge on any atom is 0.194 e. The van der Waals surface area contributed by atoms with Crippen molar-refractivity contribution in [2.24, 2.45) is 0 Å². The highest BCUT2D eigenvalue weighted by atomic mass is 32.1. The summed E-state index contributed by atoms with van der Waals surface area (Å²) in [6.45, 7) is 0.674. The number of rotatable bonds is 5. The molecule has 162 valence electrons. The first-order chi connectivity index (χ1) is 16.3. The molecule has 1 aliphatic rings. The van der Waals surface area contributed by atoms with E-state index in [1.807, 2.05) is 61.1 Å². The molecule has 0 amide bonds. The van der Waals surface area contributed by atoms with E-state index in [9.17, 15) is 0 Å². The van der Waals surface area contributed by atoms with Gasteiger partial charge in [0.05, 0.1) is 33.7 Å². The van der Waals surface area contributed by atoms with Gasteiger partial charge >= 0.3 is 0 Å². The first-order valence-corrected chi connectivity index (χ1v) is 11.9. The Balaban J connectivity index is 1.46. The summed E-state index contributed by atoms with van der Waals surface area (Å²) in [7, 11) is 0. The minimum Gasteiger partial charge on any atom is -0.352 e. The zero-order chi connectivity index (χ0) is 22.2. The molecule has 1 aliphatic heterocycles. The van der Waals surface area contributed by atoms with Crippen LogP contribution in [0.5, 0.6) is 0 Å². The average molecular weight is 469 g/mol. The van der Waals surface area contributed by atoms with Crippen LogP contribution in [0, 0.1) is 0 Å². The lowest BCUT2D eigenvalue weighted by molar-refractivity contribution is 0.302. The van der Waals surface area contributed by atoms with Crippen molar-refractivity contribution >= 4 is 38.9 Å². The van der Waals surface area contributed by atoms with Gasteiger partial charge in [0.1, 0.15) is 0 Å². The van der Waals surface area contributed by atoms with Gasteiger partial charge in [-0.2, -0.15) is 0 Å². The zero-order valence-corrected chi connectivity index (χ0v) is 19.2. The molecule has 1 saturated heterocycles. The van der Waals surface area contributed by atoms with Crippen LogP contribution in [0.15, 0.2) is 91.5 Å². The molecule has 0 unspecified atom stereocenters. The van der Waals surface area contributed by atoms with Crippen molar-refractivity contribution in [2.75, 3.05) is 0 Å². The predicted octanol–water partition coefficient (Wildman–Crippen LogP) is 5.05. The van der Waals surface area contributed by atoms with Gasteiger partial charge in [-0.3, -0.25) is 14.5 Å². The van der Waals surface area contributed by atoms with Crippen LogP contribution in [0.4, 0.5) is 0 Å². The summed E-state index contributed by atoms with van der Waals surface area (Å²) in [4.78, 5) is 15.9. The molecule has 0 aliphatic carbocycles. The van der Waals surface area contributed by atoms with Crippen LogP contribution in [-0.2, 0) is 6.54 Å². The van der Waals surface area contributed by atoms with Crippen molar-refractivity contribution in [2.45, 2.75) is 18.6 Å². The van der Waals surface area contributed by atoms with E-state index < -0.39 is 0 Å². The lowest BCUT2D eigenvalue weighted by Crippen LogP contribution is -2.30. The molecule has 6 nitrogen and oxygen atoms in total. The smallest absolute Gasteiger partial charge is 0.194 e. The molecule has 5 heterocycles. The number of nitrogens with zero attached hydrogens (tertiary/aromatic N) is 5. The van der Waals surface area contributed by atoms with Crippen LogP contribution in [0.1, 0.15) is 29.0 Å². The number of para-hydroxylation sites is 1. The SMILES string of the molecule is S=C1N[C@@H](c2ccccn2)[C@H](c2cccn2-c2nc3ccccc3s2)N1Cc1ccncc1.